The summed E-state index contributed by atoms with van der Waals surface area (Å²) in [6, 6.07) is 1.95. The normalized spacial score (nSPS) is 10.6. The number of hydrogen-bond donors (Lipinski definition) is 1. The minimum absolute atomic E-state index is 0.188. The van der Waals surface area contributed by atoms with Gasteiger partial charge in [-0.25, -0.2) is 0 Å². The molecule has 0 atom stereocenters. The van der Waals surface area contributed by atoms with Gasteiger partial charge >= 0.3 is 6.18 Å². The highest BCUT2D eigenvalue weighted by Crippen LogP contribution is 2.16. The molecule has 92 valence electrons. The third kappa shape index (κ3) is 7.09. The van der Waals surface area contributed by atoms with E-state index in [0.717, 1.165) is 24.1 Å². The van der Waals surface area contributed by atoms with Gasteiger partial charge in [0.25, 0.3) is 0 Å². The highest BCUT2D eigenvalue weighted by molar-refractivity contribution is 5.30. The van der Waals surface area contributed by atoms with Crippen LogP contribution in [0.4, 0.5) is 13.2 Å². The predicted molar refractivity (Wildman–Crippen MR) is 56.4 cm³/mol. The molecule has 0 fully saturated rings. The van der Waals surface area contributed by atoms with E-state index in [4.69, 9.17) is 0 Å². The molecular weight excluding hydrogens is 219 g/mol. The molecule has 0 spiro atoms. The highest BCUT2D eigenvalue weighted by atomic mass is 19.4. The lowest BCUT2D eigenvalue weighted by molar-refractivity contribution is -0.110. The van der Waals surface area contributed by atoms with Crippen molar-refractivity contribution in [3.63, 3.8) is 0 Å². The molecule has 2 nitrogen and oxygen atoms in total. The third-order valence-electron chi connectivity index (χ3n) is 1.77. The lowest BCUT2D eigenvalue weighted by Gasteiger charge is -2.02. The first-order chi connectivity index (χ1) is 7.27. The summed E-state index contributed by atoms with van der Waals surface area (Å²) in [5.74, 6) is 0.310. The fourth-order valence-corrected chi connectivity index (χ4v) is 1.02. The second-order valence-electron chi connectivity index (χ2n) is 3.29. The van der Waals surface area contributed by atoms with Crippen LogP contribution in [-0.2, 0) is 12.8 Å². The summed E-state index contributed by atoms with van der Waals surface area (Å²) >= 11 is 0. The first kappa shape index (κ1) is 14.7. The van der Waals surface area contributed by atoms with Gasteiger partial charge < -0.3 is 5.11 Å². The van der Waals surface area contributed by atoms with Crippen LogP contribution >= 0.6 is 0 Å². The zero-order valence-corrected chi connectivity index (χ0v) is 9.60. The van der Waals surface area contributed by atoms with Crippen molar-refractivity contribution in [3.8, 4) is 5.75 Å². The Morgan fingerprint density at radius 3 is 2.12 bits per heavy atom. The van der Waals surface area contributed by atoms with Gasteiger partial charge in [-0.2, -0.15) is 13.2 Å². The molecule has 0 aliphatic rings. The maximum atomic E-state index is 10.4. The molecular formula is C11H16F3NO. The SMILES string of the molecule is CC(F)(F)F.CCc1cc(CC)c(O)cn1. The molecule has 0 amide bonds. The van der Waals surface area contributed by atoms with Crippen molar-refractivity contribution in [2.24, 2.45) is 0 Å². The van der Waals surface area contributed by atoms with Crippen LogP contribution in [0.2, 0.25) is 0 Å². The van der Waals surface area contributed by atoms with Crippen molar-refractivity contribution in [1.82, 2.24) is 4.98 Å². The van der Waals surface area contributed by atoms with Gasteiger partial charge in [-0.1, -0.05) is 13.8 Å². The lowest BCUT2D eigenvalue weighted by Crippen LogP contribution is -1.95. The maximum Gasteiger partial charge on any atom is 0.386 e. The average molecular weight is 235 g/mol. The van der Waals surface area contributed by atoms with E-state index < -0.39 is 6.18 Å². The Labute approximate surface area is 93.1 Å². The van der Waals surface area contributed by atoms with E-state index in [1.165, 1.54) is 6.20 Å². The van der Waals surface area contributed by atoms with Gasteiger partial charge in [0.1, 0.15) is 5.75 Å². The number of rotatable bonds is 2. The summed E-state index contributed by atoms with van der Waals surface area (Å²) in [4.78, 5) is 4.06. The van der Waals surface area contributed by atoms with E-state index in [1.807, 2.05) is 13.0 Å². The number of alkyl halides is 3. The Morgan fingerprint density at radius 1 is 1.25 bits per heavy atom. The molecule has 0 unspecified atom stereocenters. The third-order valence-corrected chi connectivity index (χ3v) is 1.77. The second-order valence-corrected chi connectivity index (χ2v) is 3.29. The van der Waals surface area contributed by atoms with E-state index in [0.29, 0.717) is 5.75 Å². The fourth-order valence-electron chi connectivity index (χ4n) is 1.02. The fraction of sp³-hybridized carbons (Fsp3) is 0.545. The van der Waals surface area contributed by atoms with Crippen molar-refractivity contribution >= 4 is 0 Å². The predicted octanol–water partition coefficient (Wildman–Crippen LogP) is 3.48. The second kappa shape index (κ2) is 6.35. The molecule has 1 heterocycles. The van der Waals surface area contributed by atoms with Crippen LogP contribution in [0.1, 0.15) is 32.0 Å². The summed E-state index contributed by atoms with van der Waals surface area (Å²) in [7, 11) is 0. The summed E-state index contributed by atoms with van der Waals surface area (Å²) in [5, 5.41) is 9.27. The number of nitrogens with zero attached hydrogens (tertiary/aromatic N) is 1. The Morgan fingerprint density at radius 2 is 1.75 bits per heavy atom. The number of pyridine rings is 1. The molecule has 0 radical (unpaired) electrons. The number of aryl methyl sites for hydroxylation is 2. The van der Waals surface area contributed by atoms with Gasteiger partial charge in [0.15, 0.2) is 0 Å². The van der Waals surface area contributed by atoms with Crippen molar-refractivity contribution < 1.29 is 18.3 Å². The van der Waals surface area contributed by atoms with E-state index in [2.05, 4.69) is 11.9 Å². The van der Waals surface area contributed by atoms with E-state index >= 15 is 0 Å². The molecule has 16 heavy (non-hydrogen) atoms. The standard InChI is InChI=1S/C9H13NO.C2H3F3/c1-3-7-5-8(4-2)10-6-9(7)11;1-2(3,4)5/h5-6,11H,3-4H2,1-2H3;1H3. The zero-order valence-electron chi connectivity index (χ0n) is 9.60. The number of halogens is 3. The maximum absolute atomic E-state index is 10.4. The van der Waals surface area contributed by atoms with Crippen LogP contribution in [0, 0.1) is 0 Å². The van der Waals surface area contributed by atoms with Crippen LogP contribution in [0.5, 0.6) is 5.75 Å². The van der Waals surface area contributed by atoms with Gasteiger partial charge in [-0.15, -0.1) is 0 Å². The van der Waals surface area contributed by atoms with Gasteiger partial charge in [-0.3, -0.25) is 4.98 Å². The molecule has 0 aliphatic carbocycles. The number of aromatic hydroxyl groups is 1. The minimum atomic E-state index is -4.00. The molecule has 1 rings (SSSR count). The lowest BCUT2D eigenvalue weighted by atomic mass is 10.1. The topological polar surface area (TPSA) is 33.1 Å². The summed E-state index contributed by atoms with van der Waals surface area (Å²) in [5.41, 5.74) is 2.02. The van der Waals surface area contributed by atoms with Crippen LogP contribution in [0.25, 0.3) is 0 Å². The van der Waals surface area contributed by atoms with E-state index in [1.54, 1.807) is 0 Å². The van der Waals surface area contributed by atoms with Crippen LogP contribution in [-0.4, -0.2) is 16.3 Å². The Kier molecular flexibility index (Phi) is 5.85. The Balaban J connectivity index is 0.000000385. The molecule has 0 aliphatic heterocycles. The monoisotopic (exact) mass is 235 g/mol. The van der Waals surface area contributed by atoms with E-state index in [9.17, 15) is 18.3 Å². The molecule has 1 N–H and O–H groups in total. The van der Waals surface area contributed by atoms with Crippen molar-refractivity contribution in [1.29, 1.82) is 0 Å². The zero-order chi connectivity index (χ0) is 12.8. The van der Waals surface area contributed by atoms with Crippen LogP contribution < -0.4 is 0 Å². The van der Waals surface area contributed by atoms with Gasteiger partial charge in [0.05, 0.1) is 6.20 Å². The molecule has 0 aromatic carbocycles. The average Bonchev–Trinajstić information content (AvgIpc) is 2.16. The van der Waals surface area contributed by atoms with Crippen molar-refractivity contribution in [2.75, 3.05) is 0 Å². The molecule has 5 heteroatoms. The van der Waals surface area contributed by atoms with Gasteiger partial charge in [0, 0.05) is 12.6 Å². The Bertz CT molecular complexity index is 317. The number of aromatic nitrogens is 1. The largest absolute Gasteiger partial charge is 0.506 e. The van der Waals surface area contributed by atoms with E-state index in [-0.39, 0.29) is 6.92 Å². The van der Waals surface area contributed by atoms with Crippen molar-refractivity contribution in [3.05, 3.63) is 23.5 Å². The minimum Gasteiger partial charge on any atom is -0.506 e. The quantitative estimate of drug-likeness (QED) is 0.851. The Hall–Kier alpha value is -1.26. The highest BCUT2D eigenvalue weighted by Gasteiger charge is 2.15. The van der Waals surface area contributed by atoms with Crippen LogP contribution in [0.15, 0.2) is 12.3 Å². The van der Waals surface area contributed by atoms with Crippen molar-refractivity contribution in [2.45, 2.75) is 39.8 Å². The molecule has 0 saturated carbocycles. The molecule has 0 saturated heterocycles. The molecule has 0 bridgehead atoms. The first-order valence-electron chi connectivity index (χ1n) is 5.01. The summed E-state index contributed by atoms with van der Waals surface area (Å²) < 4.78 is 31.1. The number of hydrogen-bond acceptors (Lipinski definition) is 2. The van der Waals surface area contributed by atoms with Gasteiger partial charge in [-0.05, 0) is 24.5 Å². The van der Waals surface area contributed by atoms with Crippen LogP contribution in [0.3, 0.4) is 0 Å². The smallest absolute Gasteiger partial charge is 0.386 e. The van der Waals surface area contributed by atoms with Gasteiger partial charge in [0.2, 0.25) is 0 Å². The molecule has 1 aromatic rings. The summed E-state index contributed by atoms with van der Waals surface area (Å²) in [6.45, 7) is 4.26. The molecule has 1 aromatic heterocycles. The first-order valence-corrected chi connectivity index (χ1v) is 5.01. The summed E-state index contributed by atoms with van der Waals surface area (Å²) in [6.07, 6.45) is -0.688.